The van der Waals surface area contributed by atoms with Crippen molar-refractivity contribution < 1.29 is 28.6 Å². The van der Waals surface area contributed by atoms with Crippen LogP contribution in [0, 0.1) is 0 Å². The third kappa shape index (κ3) is 2.87. The van der Waals surface area contributed by atoms with Crippen LogP contribution in [0.25, 0.3) is 0 Å². The Kier molecular flexibility index (Phi) is 5.69. The first-order chi connectivity index (χ1) is 14.4. The summed E-state index contributed by atoms with van der Waals surface area (Å²) in [6.07, 6.45) is 1.62. The summed E-state index contributed by atoms with van der Waals surface area (Å²) < 4.78 is 15.8. The molecular formula is C22H24N2O6. The topological polar surface area (TPSA) is 108 Å². The van der Waals surface area contributed by atoms with E-state index in [2.05, 4.69) is 6.58 Å². The molecule has 1 aromatic carbocycles. The molecule has 2 aliphatic heterocycles. The van der Waals surface area contributed by atoms with E-state index in [4.69, 9.17) is 19.9 Å². The quantitative estimate of drug-likeness (QED) is 0.430. The molecular weight excluding hydrogens is 388 g/mol. The van der Waals surface area contributed by atoms with Gasteiger partial charge in [0.15, 0.2) is 5.41 Å². The van der Waals surface area contributed by atoms with Crippen LogP contribution in [0.2, 0.25) is 0 Å². The molecule has 0 saturated carbocycles. The van der Waals surface area contributed by atoms with Gasteiger partial charge < -0.3 is 24.8 Å². The van der Waals surface area contributed by atoms with E-state index in [1.165, 1.54) is 6.92 Å². The van der Waals surface area contributed by atoms with Gasteiger partial charge in [0.2, 0.25) is 0 Å². The van der Waals surface area contributed by atoms with E-state index in [-0.39, 0.29) is 42.5 Å². The van der Waals surface area contributed by atoms with Crippen molar-refractivity contribution in [3.8, 4) is 0 Å². The van der Waals surface area contributed by atoms with Gasteiger partial charge in [0, 0.05) is 17.8 Å². The van der Waals surface area contributed by atoms with Crippen LogP contribution >= 0.6 is 0 Å². The Balaban J connectivity index is 2.44. The molecule has 3 rings (SSSR count). The summed E-state index contributed by atoms with van der Waals surface area (Å²) in [4.78, 5) is 41.1. The fourth-order valence-corrected chi connectivity index (χ4v) is 4.01. The van der Waals surface area contributed by atoms with Crippen molar-refractivity contribution >= 4 is 23.6 Å². The average molecular weight is 412 g/mol. The zero-order chi connectivity index (χ0) is 22.1. The fraction of sp³-hybridized carbons (Fsp3) is 0.318. The van der Waals surface area contributed by atoms with Crippen molar-refractivity contribution in [2.45, 2.75) is 26.2 Å². The minimum absolute atomic E-state index is 0.0134. The number of nitrogens with zero attached hydrogens (tertiary/aromatic N) is 1. The van der Waals surface area contributed by atoms with Crippen LogP contribution in [0.1, 0.15) is 26.3 Å². The first kappa shape index (κ1) is 21.2. The zero-order valence-electron chi connectivity index (χ0n) is 17.2. The Morgan fingerprint density at radius 3 is 2.37 bits per heavy atom. The SMILES string of the molecule is C=CCN1C(N)=C(C(=O)OCC)C2(C(=O)OC(C)=C2C(=O)OCC)c2ccccc21. The predicted molar refractivity (Wildman–Crippen MR) is 109 cm³/mol. The number of carbonyl (C=O) groups is 3. The number of hydrogen-bond donors (Lipinski definition) is 1. The number of carbonyl (C=O) groups excluding carboxylic acids is 3. The summed E-state index contributed by atoms with van der Waals surface area (Å²) in [5.41, 5.74) is 5.23. The molecule has 0 amide bonds. The molecule has 1 spiro atoms. The van der Waals surface area contributed by atoms with Crippen molar-refractivity contribution in [1.82, 2.24) is 0 Å². The third-order valence-electron chi connectivity index (χ3n) is 5.07. The van der Waals surface area contributed by atoms with Gasteiger partial charge in [-0.1, -0.05) is 24.3 Å². The van der Waals surface area contributed by atoms with E-state index in [9.17, 15) is 14.4 Å². The second kappa shape index (κ2) is 8.06. The second-order valence-corrected chi connectivity index (χ2v) is 6.69. The van der Waals surface area contributed by atoms with Gasteiger partial charge in [-0.3, -0.25) is 0 Å². The minimum atomic E-state index is -1.89. The molecule has 0 saturated heterocycles. The van der Waals surface area contributed by atoms with Crippen LogP contribution in [-0.4, -0.2) is 37.7 Å². The average Bonchev–Trinajstić information content (AvgIpc) is 2.96. The molecule has 1 atom stereocenters. The molecule has 0 fully saturated rings. The van der Waals surface area contributed by atoms with Crippen molar-refractivity contribution in [3.05, 3.63) is 65.2 Å². The molecule has 2 N–H and O–H groups in total. The van der Waals surface area contributed by atoms with Gasteiger partial charge >= 0.3 is 17.9 Å². The van der Waals surface area contributed by atoms with Gasteiger partial charge in [0.25, 0.3) is 0 Å². The van der Waals surface area contributed by atoms with Crippen LogP contribution in [-0.2, 0) is 34.0 Å². The molecule has 30 heavy (non-hydrogen) atoms. The lowest BCUT2D eigenvalue weighted by molar-refractivity contribution is -0.147. The zero-order valence-corrected chi connectivity index (χ0v) is 17.2. The molecule has 1 unspecified atom stereocenters. The summed E-state index contributed by atoms with van der Waals surface area (Å²) in [5.74, 6) is -2.34. The highest BCUT2D eigenvalue weighted by molar-refractivity contribution is 6.16. The molecule has 0 bridgehead atoms. The standard InChI is InChI=1S/C22H24N2O6/c1-5-12-24-15-11-9-8-10-14(15)22(17(18(24)23)20(26)29-7-3)16(19(25)28-6-2)13(4)30-21(22)27/h5,8-11H,1,6-7,12,23H2,2-4H3. The smallest absolute Gasteiger partial charge is 0.339 e. The molecule has 1 aromatic rings. The van der Waals surface area contributed by atoms with E-state index in [1.54, 1.807) is 49.1 Å². The Morgan fingerprint density at radius 1 is 1.17 bits per heavy atom. The molecule has 8 nitrogen and oxygen atoms in total. The summed E-state index contributed by atoms with van der Waals surface area (Å²) in [6, 6.07) is 6.89. The van der Waals surface area contributed by atoms with Gasteiger partial charge in [-0.2, -0.15) is 0 Å². The number of anilines is 1. The molecule has 0 aliphatic carbocycles. The Labute approximate surface area is 174 Å². The van der Waals surface area contributed by atoms with Crippen molar-refractivity contribution in [2.24, 2.45) is 5.73 Å². The number of nitrogens with two attached hydrogens (primary N) is 1. The van der Waals surface area contributed by atoms with Crippen LogP contribution in [0.15, 0.2) is 59.6 Å². The van der Waals surface area contributed by atoms with Crippen LogP contribution < -0.4 is 10.6 Å². The largest absolute Gasteiger partial charge is 0.462 e. The van der Waals surface area contributed by atoms with Gasteiger partial charge in [0.1, 0.15) is 22.7 Å². The van der Waals surface area contributed by atoms with Crippen molar-refractivity contribution in [2.75, 3.05) is 24.7 Å². The van der Waals surface area contributed by atoms with Gasteiger partial charge in [-0.05, 0) is 26.8 Å². The summed E-state index contributed by atoms with van der Waals surface area (Å²) >= 11 is 0. The van der Waals surface area contributed by atoms with Crippen molar-refractivity contribution in [3.63, 3.8) is 0 Å². The van der Waals surface area contributed by atoms with Gasteiger partial charge in [-0.15, -0.1) is 6.58 Å². The highest BCUT2D eigenvalue weighted by atomic mass is 16.6. The van der Waals surface area contributed by atoms with Crippen LogP contribution in [0.4, 0.5) is 5.69 Å². The maximum absolute atomic E-state index is 13.4. The number of cyclic esters (lactones) is 1. The first-order valence-corrected chi connectivity index (χ1v) is 9.62. The lowest BCUT2D eigenvalue weighted by atomic mass is 9.66. The Bertz CT molecular complexity index is 993. The number of fused-ring (bicyclic) bond motifs is 2. The van der Waals surface area contributed by atoms with Gasteiger partial charge in [-0.25, -0.2) is 14.4 Å². The number of benzene rings is 1. The highest BCUT2D eigenvalue weighted by Gasteiger charge is 2.63. The van der Waals surface area contributed by atoms with Crippen molar-refractivity contribution in [1.29, 1.82) is 0 Å². The lowest BCUT2D eigenvalue weighted by Gasteiger charge is -2.40. The monoisotopic (exact) mass is 412 g/mol. The maximum Gasteiger partial charge on any atom is 0.339 e. The van der Waals surface area contributed by atoms with E-state index >= 15 is 0 Å². The molecule has 2 aliphatic rings. The second-order valence-electron chi connectivity index (χ2n) is 6.69. The number of esters is 3. The predicted octanol–water partition coefficient (Wildman–Crippen LogP) is 2.06. The van der Waals surface area contributed by atoms with E-state index < -0.39 is 23.3 Å². The molecule has 0 aromatic heterocycles. The molecule has 2 heterocycles. The summed E-state index contributed by atoms with van der Waals surface area (Å²) in [7, 11) is 0. The number of para-hydroxylation sites is 1. The number of hydrogen-bond acceptors (Lipinski definition) is 8. The normalized spacial score (nSPS) is 20.2. The van der Waals surface area contributed by atoms with E-state index in [0.717, 1.165) is 0 Å². The summed E-state index contributed by atoms with van der Waals surface area (Å²) in [5, 5.41) is 0. The van der Waals surface area contributed by atoms with Gasteiger partial charge in [0.05, 0.1) is 13.2 Å². The Hall–Kier alpha value is -3.55. The molecule has 8 heteroatoms. The third-order valence-corrected chi connectivity index (χ3v) is 5.07. The van der Waals surface area contributed by atoms with E-state index in [0.29, 0.717) is 11.3 Å². The number of allylic oxidation sites excluding steroid dienone is 1. The van der Waals surface area contributed by atoms with E-state index in [1.807, 2.05) is 0 Å². The number of ether oxygens (including phenoxy) is 3. The van der Waals surface area contributed by atoms with Crippen LogP contribution in [0.5, 0.6) is 0 Å². The fourth-order valence-electron chi connectivity index (χ4n) is 4.01. The highest BCUT2D eigenvalue weighted by Crippen LogP contribution is 2.54. The number of rotatable bonds is 6. The minimum Gasteiger partial charge on any atom is -0.462 e. The molecule has 158 valence electrons. The maximum atomic E-state index is 13.4. The Morgan fingerprint density at radius 2 is 1.77 bits per heavy atom. The first-order valence-electron chi connectivity index (χ1n) is 9.62. The summed E-state index contributed by atoms with van der Waals surface area (Å²) in [6.45, 7) is 8.92. The van der Waals surface area contributed by atoms with Crippen LogP contribution in [0.3, 0.4) is 0 Å². The lowest BCUT2D eigenvalue weighted by Crippen LogP contribution is -2.50. The molecule has 0 radical (unpaired) electrons.